The Morgan fingerprint density at radius 2 is 2.00 bits per heavy atom. The average molecular weight is 249 g/mol. The number of pyridine rings is 1. The average Bonchev–Trinajstić information content (AvgIpc) is 2.37. The zero-order chi connectivity index (χ0) is 12.1. The first-order chi connectivity index (χ1) is 8.28. The number of rotatable bonds is 4. The first-order valence-electron chi connectivity index (χ1n) is 5.14. The van der Waals surface area contributed by atoms with Gasteiger partial charge < -0.3 is 4.74 Å². The molecule has 2 rings (SSSR count). The third-order valence-corrected chi connectivity index (χ3v) is 3.28. The predicted molar refractivity (Wildman–Crippen MR) is 66.8 cm³/mol. The molecule has 17 heavy (non-hydrogen) atoms. The zero-order valence-electron chi connectivity index (χ0n) is 9.39. The summed E-state index contributed by atoms with van der Waals surface area (Å²) in [5.41, 5.74) is 1.17. The number of aromatic nitrogens is 1. The Kier molecular flexibility index (Phi) is 3.98. The SMILES string of the molecule is COc1ccc(CSc2cncc(F)c2)cc1. The summed E-state index contributed by atoms with van der Waals surface area (Å²) in [7, 11) is 1.64. The van der Waals surface area contributed by atoms with E-state index in [2.05, 4.69) is 4.98 Å². The molecule has 0 N–H and O–H groups in total. The van der Waals surface area contributed by atoms with E-state index in [0.717, 1.165) is 16.4 Å². The quantitative estimate of drug-likeness (QED) is 0.774. The molecular formula is C13H12FNOS. The highest BCUT2D eigenvalue weighted by atomic mass is 32.2. The maximum absolute atomic E-state index is 12.9. The molecule has 0 aliphatic heterocycles. The van der Waals surface area contributed by atoms with E-state index >= 15 is 0 Å². The number of thioether (sulfide) groups is 1. The van der Waals surface area contributed by atoms with E-state index in [1.807, 2.05) is 24.3 Å². The Hall–Kier alpha value is -1.55. The van der Waals surface area contributed by atoms with Crippen molar-refractivity contribution in [2.45, 2.75) is 10.6 Å². The predicted octanol–water partition coefficient (Wildman–Crippen LogP) is 3.52. The molecule has 0 unspecified atom stereocenters. The van der Waals surface area contributed by atoms with Gasteiger partial charge in [-0.05, 0) is 23.8 Å². The highest BCUT2D eigenvalue weighted by Gasteiger charge is 1.99. The third-order valence-electron chi connectivity index (χ3n) is 2.24. The van der Waals surface area contributed by atoms with Crippen LogP contribution in [-0.2, 0) is 5.75 Å². The van der Waals surface area contributed by atoms with E-state index < -0.39 is 0 Å². The van der Waals surface area contributed by atoms with E-state index in [4.69, 9.17) is 4.74 Å². The number of hydrogen-bond acceptors (Lipinski definition) is 3. The van der Waals surface area contributed by atoms with Crippen molar-refractivity contribution >= 4 is 11.8 Å². The molecule has 0 amide bonds. The molecule has 1 aromatic carbocycles. The van der Waals surface area contributed by atoms with Crippen LogP contribution in [0.4, 0.5) is 4.39 Å². The maximum Gasteiger partial charge on any atom is 0.142 e. The Labute approximate surface area is 104 Å². The first kappa shape index (κ1) is 11.9. The molecular weight excluding hydrogens is 237 g/mol. The van der Waals surface area contributed by atoms with Crippen LogP contribution in [0.5, 0.6) is 5.75 Å². The molecule has 4 heteroatoms. The molecule has 2 nitrogen and oxygen atoms in total. The molecule has 0 bridgehead atoms. The van der Waals surface area contributed by atoms with Crippen LogP contribution in [0.3, 0.4) is 0 Å². The number of methoxy groups -OCH3 is 1. The van der Waals surface area contributed by atoms with Gasteiger partial charge in [0.2, 0.25) is 0 Å². The fourth-order valence-electron chi connectivity index (χ4n) is 1.36. The van der Waals surface area contributed by atoms with Gasteiger partial charge in [-0.15, -0.1) is 11.8 Å². The van der Waals surface area contributed by atoms with Crippen LogP contribution in [0.2, 0.25) is 0 Å². The maximum atomic E-state index is 12.9. The largest absolute Gasteiger partial charge is 0.497 e. The van der Waals surface area contributed by atoms with Gasteiger partial charge in [0, 0.05) is 16.8 Å². The van der Waals surface area contributed by atoms with Crippen LogP contribution in [0.15, 0.2) is 47.6 Å². The summed E-state index contributed by atoms with van der Waals surface area (Å²) < 4.78 is 18.0. The summed E-state index contributed by atoms with van der Waals surface area (Å²) in [6, 6.07) is 9.32. The first-order valence-corrected chi connectivity index (χ1v) is 6.13. The highest BCUT2D eigenvalue weighted by Crippen LogP contribution is 2.23. The lowest BCUT2D eigenvalue weighted by Crippen LogP contribution is -1.85. The van der Waals surface area contributed by atoms with Gasteiger partial charge in [0.15, 0.2) is 0 Å². The third kappa shape index (κ3) is 3.46. The number of nitrogens with zero attached hydrogens (tertiary/aromatic N) is 1. The Morgan fingerprint density at radius 1 is 1.24 bits per heavy atom. The second-order valence-corrected chi connectivity index (χ2v) is 4.52. The van der Waals surface area contributed by atoms with Crippen LogP contribution in [0, 0.1) is 5.82 Å². The van der Waals surface area contributed by atoms with E-state index in [0.29, 0.717) is 0 Å². The molecule has 0 aliphatic rings. The lowest BCUT2D eigenvalue weighted by Gasteiger charge is -2.03. The smallest absolute Gasteiger partial charge is 0.142 e. The van der Waals surface area contributed by atoms with Crippen molar-refractivity contribution in [3.05, 3.63) is 54.1 Å². The fourth-order valence-corrected chi connectivity index (χ4v) is 2.22. The minimum Gasteiger partial charge on any atom is -0.497 e. The molecule has 0 fully saturated rings. The van der Waals surface area contributed by atoms with Crippen molar-refractivity contribution in [3.63, 3.8) is 0 Å². The van der Waals surface area contributed by atoms with Crippen molar-refractivity contribution in [2.75, 3.05) is 7.11 Å². The number of ether oxygens (including phenoxy) is 1. The van der Waals surface area contributed by atoms with Crippen molar-refractivity contribution in [3.8, 4) is 5.75 Å². The van der Waals surface area contributed by atoms with Gasteiger partial charge in [-0.1, -0.05) is 12.1 Å². The number of halogens is 1. The Morgan fingerprint density at radius 3 is 2.65 bits per heavy atom. The van der Waals surface area contributed by atoms with Crippen LogP contribution in [-0.4, -0.2) is 12.1 Å². The van der Waals surface area contributed by atoms with Gasteiger partial charge in [-0.25, -0.2) is 4.39 Å². The lowest BCUT2D eigenvalue weighted by atomic mass is 10.2. The molecule has 88 valence electrons. The second-order valence-electron chi connectivity index (χ2n) is 3.48. The molecule has 2 aromatic rings. The summed E-state index contributed by atoms with van der Waals surface area (Å²) in [6.07, 6.45) is 2.87. The molecule has 0 spiro atoms. The molecule has 0 saturated heterocycles. The van der Waals surface area contributed by atoms with E-state index in [1.165, 1.54) is 17.8 Å². The van der Waals surface area contributed by atoms with Crippen molar-refractivity contribution < 1.29 is 9.13 Å². The molecule has 0 atom stereocenters. The van der Waals surface area contributed by atoms with E-state index in [9.17, 15) is 4.39 Å². The van der Waals surface area contributed by atoms with Crippen LogP contribution in [0.1, 0.15) is 5.56 Å². The summed E-state index contributed by atoms with van der Waals surface area (Å²) in [5, 5.41) is 0. The zero-order valence-corrected chi connectivity index (χ0v) is 10.2. The summed E-state index contributed by atoms with van der Waals surface area (Å²) in [4.78, 5) is 4.64. The summed E-state index contributed by atoms with van der Waals surface area (Å²) >= 11 is 1.56. The van der Waals surface area contributed by atoms with Gasteiger partial charge in [0.05, 0.1) is 13.3 Å². The van der Waals surface area contributed by atoms with E-state index in [-0.39, 0.29) is 5.82 Å². The second kappa shape index (κ2) is 5.68. The number of benzene rings is 1. The van der Waals surface area contributed by atoms with Gasteiger partial charge in [-0.3, -0.25) is 4.98 Å². The molecule has 0 saturated carbocycles. The highest BCUT2D eigenvalue weighted by molar-refractivity contribution is 7.98. The fraction of sp³-hybridized carbons (Fsp3) is 0.154. The Bertz CT molecular complexity index is 487. The van der Waals surface area contributed by atoms with Gasteiger partial charge in [0.1, 0.15) is 11.6 Å². The van der Waals surface area contributed by atoms with Crippen molar-refractivity contribution in [2.24, 2.45) is 0 Å². The molecule has 0 aliphatic carbocycles. The molecule has 0 radical (unpaired) electrons. The van der Waals surface area contributed by atoms with E-state index in [1.54, 1.807) is 25.1 Å². The molecule has 1 aromatic heterocycles. The monoisotopic (exact) mass is 249 g/mol. The Balaban J connectivity index is 1.97. The molecule has 1 heterocycles. The topological polar surface area (TPSA) is 22.1 Å². The van der Waals surface area contributed by atoms with Crippen LogP contribution in [0.25, 0.3) is 0 Å². The van der Waals surface area contributed by atoms with Gasteiger partial charge >= 0.3 is 0 Å². The van der Waals surface area contributed by atoms with Crippen molar-refractivity contribution in [1.82, 2.24) is 4.98 Å². The normalized spacial score (nSPS) is 10.2. The van der Waals surface area contributed by atoms with Gasteiger partial charge in [-0.2, -0.15) is 0 Å². The van der Waals surface area contributed by atoms with Crippen LogP contribution >= 0.6 is 11.8 Å². The van der Waals surface area contributed by atoms with Crippen LogP contribution < -0.4 is 4.74 Å². The number of hydrogen-bond donors (Lipinski definition) is 0. The summed E-state index contributed by atoms with van der Waals surface area (Å²) in [6.45, 7) is 0. The van der Waals surface area contributed by atoms with Gasteiger partial charge in [0.25, 0.3) is 0 Å². The lowest BCUT2D eigenvalue weighted by molar-refractivity contribution is 0.414. The standard InChI is InChI=1S/C13H12FNOS/c1-16-12-4-2-10(3-5-12)9-17-13-6-11(14)7-15-8-13/h2-8H,9H2,1H3. The minimum absolute atomic E-state index is 0.301. The minimum atomic E-state index is -0.301. The summed E-state index contributed by atoms with van der Waals surface area (Å²) in [5.74, 6) is 1.32. The van der Waals surface area contributed by atoms with Crippen molar-refractivity contribution in [1.29, 1.82) is 0 Å².